The number of hydrogen-bond donors (Lipinski definition) is 1. The van der Waals surface area contributed by atoms with Gasteiger partial charge in [0.15, 0.2) is 11.2 Å². The topological polar surface area (TPSA) is 72.5 Å². The second-order valence-electron chi connectivity index (χ2n) is 5.19. The highest BCUT2D eigenvalue weighted by Gasteiger charge is 2.17. The third-order valence-electron chi connectivity index (χ3n) is 3.42. The van der Waals surface area contributed by atoms with Crippen LogP contribution in [-0.4, -0.2) is 5.91 Å². The van der Waals surface area contributed by atoms with Crippen LogP contribution in [0.25, 0.3) is 11.0 Å². The molecule has 1 N–H and O–H groups in total. The number of hydrogen-bond acceptors (Lipinski definition) is 4. The van der Waals surface area contributed by atoms with E-state index in [-0.39, 0.29) is 17.2 Å². The number of amides is 1. The monoisotopic (exact) mass is 297 g/mol. The van der Waals surface area contributed by atoms with E-state index in [1.807, 2.05) is 13.0 Å². The van der Waals surface area contributed by atoms with Crippen LogP contribution >= 0.6 is 0 Å². The third kappa shape index (κ3) is 2.65. The van der Waals surface area contributed by atoms with E-state index in [1.54, 1.807) is 31.2 Å². The van der Waals surface area contributed by atoms with E-state index < -0.39 is 5.91 Å². The summed E-state index contributed by atoms with van der Waals surface area (Å²) in [6, 6.07) is 9.68. The molecule has 0 bridgehead atoms. The van der Waals surface area contributed by atoms with Gasteiger partial charge in [-0.15, -0.1) is 0 Å². The first-order valence-electron chi connectivity index (χ1n) is 6.93. The average molecular weight is 297 g/mol. The van der Waals surface area contributed by atoms with Crippen LogP contribution < -0.4 is 10.7 Å². The number of carbonyl (C=O) groups excluding carboxylic acids is 1. The van der Waals surface area contributed by atoms with Crippen molar-refractivity contribution in [3.8, 4) is 0 Å². The Labute approximate surface area is 126 Å². The van der Waals surface area contributed by atoms with Crippen molar-refractivity contribution in [2.75, 3.05) is 0 Å². The van der Waals surface area contributed by atoms with Crippen LogP contribution in [0.3, 0.4) is 0 Å². The van der Waals surface area contributed by atoms with Gasteiger partial charge in [-0.2, -0.15) is 0 Å². The number of carbonyl (C=O) groups is 1. The van der Waals surface area contributed by atoms with Crippen molar-refractivity contribution in [3.05, 3.63) is 70.0 Å². The van der Waals surface area contributed by atoms with Crippen LogP contribution in [-0.2, 0) is 0 Å². The Morgan fingerprint density at radius 2 is 2.05 bits per heavy atom. The van der Waals surface area contributed by atoms with Gasteiger partial charge in [0.25, 0.3) is 5.91 Å². The Bertz CT molecular complexity index is 877. The summed E-state index contributed by atoms with van der Waals surface area (Å²) in [6.45, 7) is 3.68. The molecule has 22 heavy (non-hydrogen) atoms. The van der Waals surface area contributed by atoms with Gasteiger partial charge in [0.05, 0.1) is 17.7 Å². The van der Waals surface area contributed by atoms with Crippen LogP contribution in [0, 0.1) is 6.92 Å². The van der Waals surface area contributed by atoms with Gasteiger partial charge in [-0.25, -0.2) is 0 Å². The van der Waals surface area contributed by atoms with Crippen molar-refractivity contribution < 1.29 is 13.6 Å². The molecule has 2 heterocycles. The van der Waals surface area contributed by atoms with E-state index in [9.17, 15) is 9.59 Å². The molecule has 5 heteroatoms. The van der Waals surface area contributed by atoms with Gasteiger partial charge >= 0.3 is 0 Å². The van der Waals surface area contributed by atoms with E-state index in [0.717, 1.165) is 5.56 Å². The molecule has 0 unspecified atom stereocenters. The molecule has 0 spiro atoms. The molecule has 0 aliphatic carbocycles. The first-order valence-corrected chi connectivity index (χ1v) is 6.93. The lowest BCUT2D eigenvalue weighted by molar-refractivity contribution is 0.0908. The molecule has 1 amide bonds. The summed E-state index contributed by atoms with van der Waals surface area (Å²) < 4.78 is 10.8. The summed E-state index contributed by atoms with van der Waals surface area (Å²) in [5.74, 6) is 0.162. The Morgan fingerprint density at radius 1 is 1.23 bits per heavy atom. The van der Waals surface area contributed by atoms with Crippen LogP contribution in [0.4, 0.5) is 0 Å². The fourth-order valence-electron chi connectivity index (χ4n) is 2.26. The second kappa shape index (κ2) is 5.52. The third-order valence-corrected chi connectivity index (χ3v) is 3.42. The van der Waals surface area contributed by atoms with E-state index in [2.05, 4.69) is 5.32 Å². The molecule has 0 fully saturated rings. The Morgan fingerprint density at radius 3 is 2.77 bits per heavy atom. The van der Waals surface area contributed by atoms with Crippen LogP contribution in [0.15, 0.2) is 56.3 Å². The number of fused-ring (bicyclic) bond motifs is 1. The first kappa shape index (κ1) is 14.1. The van der Waals surface area contributed by atoms with Gasteiger partial charge in [0.1, 0.15) is 11.3 Å². The molecule has 0 aliphatic rings. The number of benzene rings is 1. The summed E-state index contributed by atoms with van der Waals surface area (Å²) in [5, 5.41) is 3.20. The van der Waals surface area contributed by atoms with Crippen molar-refractivity contribution in [3.63, 3.8) is 0 Å². The highest BCUT2D eigenvalue weighted by Crippen LogP contribution is 2.16. The fraction of sp³-hybridized carbons (Fsp3) is 0.176. The Kier molecular flexibility index (Phi) is 3.55. The lowest BCUT2D eigenvalue weighted by atomic mass is 10.1. The molecule has 0 aliphatic heterocycles. The van der Waals surface area contributed by atoms with Crippen LogP contribution in [0.1, 0.15) is 34.8 Å². The lowest BCUT2D eigenvalue weighted by Crippen LogP contribution is -2.27. The molecule has 0 radical (unpaired) electrons. The van der Waals surface area contributed by atoms with Gasteiger partial charge in [-0.1, -0.05) is 11.6 Å². The summed E-state index contributed by atoms with van der Waals surface area (Å²) >= 11 is 0. The van der Waals surface area contributed by atoms with Crippen LogP contribution in [0.2, 0.25) is 0 Å². The minimum atomic E-state index is -0.455. The van der Waals surface area contributed by atoms with Gasteiger partial charge in [0, 0.05) is 6.07 Å². The van der Waals surface area contributed by atoms with Crippen molar-refractivity contribution in [1.82, 2.24) is 5.32 Å². The molecule has 1 aromatic carbocycles. The maximum absolute atomic E-state index is 12.2. The minimum Gasteiger partial charge on any atom is -0.467 e. The van der Waals surface area contributed by atoms with Gasteiger partial charge in [-0.05, 0) is 38.1 Å². The first-order chi connectivity index (χ1) is 10.5. The van der Waals surface area contributed by atoms with Gasteiger partial charge in [0.2, 0.25) is 0 Å². The molecule has 2 aromatic heterocycles. The quantitative estimate of drug-likeness (QED) is 0.806. The minimum absolute atomic E-state index is 0.0141. The zero-order valence-corrected chi connectivity index (χ0v) is 12.3. The largest absolute Gasteiger partial charge is 0.467 e. The molecule has 0 saturated heterocycles. The summed E-state index contributed by atoms with van der Waals surface area (Å²) in [4.78, 5) is 24.3. The molecule has 3 aromatic rings. The summed E-state index contributed by atoms with van der Waals surface area (Å²) in [7, 11) is 0. The van der Waals surface area contributed by atoms with Gasteiger partial charge < -0.3 is 14.2 Å². The predicted molar refractivity (Wildman–Crippen MR) is 81.8 cm³/mol. The van der Waals surface area contributed by atoms with E-state index in [0.29, 0.717) is 16.7 Å². The molecule has 0 saturated carbocycles. The number of aryl methyl sites for hydroxylation is 1. The average Bonchev–Trinajstić information content (AvgIpc) is 3.02. The van der Waals surface area contributed by atoms with Crippen LogP contribution in [0.5, 0.6) is 0 Å². The van der Waals surface area contributed by atoms with E-state index in [1.165, 1.54) is 12.3 Å². The maximum atomic E-state index is 12.2. The molecule has 112 valence electrons. The highest BCUT2D eigenvalue weighted by molar-refractivity contribution is 5.93. The smallest absolute Gasteiger partial charge is 0.287 e. The molecular weight excluding hydrogens is 282 g/mol. The van der Waals surface area contributed by atoms with Crippen molar-refractivity contribution in [1.29, 1.82) is 0 Å². The van der Waals surface area contributed by atoms with E-state index >= 15 is 0 Å². The fourth-order valence-corrected chi connectivity index (χ4v) is 2.26. The Balaban J connectivity index is 1.91. The van der Waals surface area contributed by atoms with Crippen molar-refractivity contribution >= 4 is 16.9 Å². The SMILES string of the molecule is Cc1ccc2oc(C(=O)N[C@H](C)c3ccco3)cc(=O)c2c1. The summed E-state index contributed by atoms with van der Waals surface area (Å²) in [5.41, 5.74) is 1.12. The molecule has 3 rings (SSSR count). The number of furan rings is 1. The zero-order valence-electron chi connectivity index (χ0n) is 12.3. The molecule has 1 atom stereocenters. The Hall–Kier alpha value is -2.82. The number of nitrogens with one attached hydrogen (secondary N) is 1. The van der Waals surface area contributed by atoms with Crippen molar-refractivity contribution in [2.24, 2.45) is 0 Å². The normalized spacial score (nSPS) is 12.3. The predicted octanol–water partition coefficient (Wildman–Crippen LogP) is 3.19. The summed E-state index contributed by atoms with van der Waals surface area (Å²) in [6.07, 6.45) is 1.54. The molecular formula is C17H15NO4. The van der Waals surface area contributed by atoms with E-state index in [4.69, 9.17) is 8.83 Å². The highest BCUT2D eigenvalue weighted by atomic mass is 16.3. The second-order valence-corrected chi connectivity index (χ2v) is 5.19. The standard InChI is InChI=1S/C17H15NO4/c1-10-5-6-15-12(8-10)13(19)9-16(22-15)17(20)18-11(2)14-4-3-7-21-14/h3-9,11H,1-2H3,(H,18,20)/t11-/m1/s1. The lowest BCUT2D eigenvalue weighted by Gasteiger charge is -2.11. The van der Waals surface area contributed by atoms with Crippen molar-refractivity contribution in [2.45, 2.75) is 19.9 Å². The maximum Gasteiger partial charge on any atom is 0.287 e. The molecule has 5 nitrogen and oxygen atoms in total. The zero-order chi connectivity index (χ0) is 15.7. The number of rotatable bonds is 3. The van der Waals surface area contributed by atoms with Gasteiger partial charge in [-0.3, -0.25) is 9.59 Å².